The van der Waals surface area contributed by atoms with Crippen LogP contribution in [0.15, 0.2) is 29.5 Å². The molecular weight excluding hydrogens is 276 g/mol. The van der Waals surface area contributed by atoms with Gasteiger partial charge in [0.25, 0.3) is 5.91 Å². The number of aromatic nitrogens is 3. The zero-order chi connectivity index (χ0) is 15.0. The highest BCUT2D eigenvalue weighted by Gasteiger charge is 2.36. The molecule has 8 heteroatoms. The monoisotopic (exact) mass is 288 g/mol. The summed E-state index contributed by atoms with van der Waals surface area (Å²) in [6.45, 7) is 0.143. The number of hydrogen-bond acceptors (Lipinski definition) is 4. The molecule has 0 aromatic carbocycles. The van der Waals surface area contributed by atoms with Gasteiger partial charge < -0.3 is 20.0 Å². The van der Waals surface area contributed by atoms with Gasteiger partial charge in [0.2, 0.25) is 5.56 Å². The number of aliphatic carboxylic acids is 1. The third-order valence-electron chi connectivity index (χ3n) is 3.48. The number of amides is 1. The highest BCUT2D eigenvalue weighted by molar-refractivity contribution is 5.96. The number of H-pyrrole nitrogens is 2. The maximum atomic E-state index is 12.5. The summed E-state index contributed by atoms with van der Waals surface area (Å²) >= 11 is 0. The van der Waals surface area contributed by atoms with Gasteiger partial charge in [0, 0.05) is 18.7 Å². The van der Waals surface area contributed by atoms with E-state index in [2.05, 4.69) is 15.0 Å². The van der Waals surface area contributed by atoms with Gasteiger partial charge in [-0.05, 0) is 6.07 Å². The van der Waals surface area contributed by atoms with E-state index in [0.29, 0.717) is 5.69 Å². The normalized spacial score (nSPS) is 17.3. The summed E-state index contributed by atoms with van der Waals surface area (Å²) < 4.78 is 0. The lowest BCUT2D eigenvalue weighted by atomic mass is 10.0. The van der Waals surface area contributed by atoms with Gasteiger partial charge >= 0.3 is 5.97 Å². The van der Waals surface area contributed by atoms with Crippen molar-refractivity contribution in [3.8, 4) is 0 Å². The van der Waals surface area contributed by atoms with Crippen molar-refractivity contribution < 1.29 is 14.7 Å². The van der Waals surface area contributed by atoms with E-state index >= 15 is 0 Å². The number of carboxylic acid groups (broad SMARTS) is 1. The molecule has 3 N–H and O–H groups in total. The molecule has 3 heterocycles. The summed E-state index contributed by atoms with van der Waals surface area (Å²) in [5.41, 5.74) is 1.30. The topological polar surface area (TPSA) is 119 Å². The van der Waals surface area contributed by atoms with Gasteiger partial charge in [-0.15, -0.1) is 0 Å². The molecule has 8 nitrogen and oxygen atoms in total. The van der Waals surface area contributed by atoms with Crippen molar-refractivity contribution in [2.45, 2.75) is 19.0 Å². The Kier molecular flexibility index (Phi) is 3.05. The molecule has 0 radical (unpaired) electrons. The molecule has 0 saturated carbocycles. The minimum Gasteiger partial charge on any atom is -0.480 e. The fourth-order valence-electron chi connectivity index (χ4n) is 2.38. The first-order valence-electron chi connectivity index (χ1n) is 6.30. The van der Waals surface area contributed by atoms with Crippen LogP contribution in [0.2, 0.25) is 0 Å². The van der Waals surface area contributed by atoms with Gasteiger partial charge in [-0.25, -0.2) is 9.78 Å². The maximum absolute atomic E-state index is 12.5. The first kappa shape index (κ1) is 13.1. The zero-order valence-corrected chi connectivity index (χ0v) is 10.9. The molecular formula is C13H12N4O4. The molecule has 1 atom stereocenters. The molecule has 3 rings (SSSR count). The number of rotatable bonds is 2. The zero-order valence-electron chi connectivity index (χ0n) is 10.9. The molecule has 2 aromatic heterocycles. The van der Waals surface area contributed by atoms with Crippen LogP contribution in [0.1, 0.15) is 21.7 Å². The lowest BCUT2D eigenvalue weighted by Gasteiger charge is -2.32. The van der Waals surface area contributed by atoms with Gasteiger partial charge in [-0.2, -0.15) is 0 Å². The number of nitrogens with zero attached hydrogens (tertiary/aromatic N) is 2. The summed E-state index contributed by atoms with van der Waals surface area (Å²) in [6, 6.07) is 1.64. The predicted octanol–water partition coefficient (Wildman–Crippen LogP) is -0.250. The Balaban J connectivity index is 1.95. The number of pyridine rings is 1. The van der Waals surface area contributed by atoms with Crippen molar-refractivity contribution in [2.24, 2.45) is 0 Å². The molecule has 1 amide bonds. The van der Waals surface area contributed by atoms with Gasteiger partial charge in [0.05, 0.1) is 29.8 Å². The molecule has 0 fully saturated rings. The number of nitrogens with one attached hydrogen (secondary N) is 2. The van der Waals surface area contributed by atoms with Crippen LogP contribution in [0, 0.1) is 0 Å². The van der Waals surface area contributed by atoms with Gasteiger partial charge in [0.1, 0.15) is 6.04 Å². The van der Waals surface area contributed by atoms with Crippen molar-refractivity contribution in [3.05, 3.63) is 52.0 Å². The average molecular weight is 288 g/mol. The minimum absolute atomic E-state index is 0.143. The second kappa shape index (κ2) is 4.89. The summed E-state index contributed by atoms with van der Waals surface area (Å²) in [7, 11) is 0. The molecule has 0 aliphatic carbocycles. The van der Waals surface area contributed by atoms with Crippen molar-refractivity contribution >= 4 is 11.9 Å². The molecule has 21 heavy (non-hydrogen) atoms. The third kappa shape index (κ3) is 2.31. The number of carbonyl (C=O) groups excluding carboxylic acids is 1. The highest BCUT2D eigenvalue weighted by Crippen LogP contribution is 2.22. The summed E-state index contributed by atoms with van der Waals surface area (Å²) in [4.78, 5) is 45.5. The smallest absolute Gasteiger partial charge is 0.326 e. The van der Waals surface area contributed by atoms with E-state index in [0.717, 1.165) is 5.69 Å². The second-order valence-electron chi connectivity index (χ2n) is 4.76. The number of fused-ring (bicyclic) bond motifs is 1. The van der Waals surface area contributed by atoms with E-state index in [9.17, 15) is 19.5 Å². The van der Waals surface area contributed by atoms with Gasteiger partial charge in [-0.3, -0.25) is 9.59 Å². The van der Waals surface area contributed by atoms with E-state index in [-0.39, 0.29) is 24.1 Å². The molecule has 2 aromatic rings. The van der Waals surface area contributed by atoms with Crippen LogP contribution in [-0.4, -0.2) is 42.9 Å². The van der Waals surface area contributed by atoms with Crippen molar-refractivity contribution in [3.63, 3.8) is 0 Å². The largest absolute Gasteiger partial charge is 0.480 e. The third-order valence-corrected chi connectivity index (χ3v) is 3.48. The number of carboxylic acids is 1. The van der Waals surface area contributed by atoms with E-state index in [1.807, 2.05) is 0 Å². The fraction of sp³-hybridized carbons (Fsp3) is 0.231. The molecule has 1 unspecified atom stereocenters. The number of carbonyl (C=O) groups is 2. The number of aromatic amines is 2. The van der Waals surface area contributed by atoms with Crippen LogP contribution in [0.3, 0.4) is 0 Å². The van der Waals surface area contributed by atoms with Crippen LogP contribution in [0.25, 0.3) is 0 Å². The SMILES string of the molecule is O=C(O)C1Cc2nc[nH]c2CN1C(=O)c1ccc(=O)[nH]c1. The Morgan fingerprint density at radius 3 is 2.81 bits per heavy atom. The number of imidazole rings is 1. The molecule has 0 saturated heterocycles. The summed E-state index contributed by atoms with van der Waals surface area (Å²) in [5.74, 6) is -1.53. The van der Waals surface area contributed by atoms with Crippen LogP contribution in [-0.2, 0) is 17.8 Å². The average Bonchev–Trinajstić information content (AvgIpc) is 2.93. The number of hydrogen-bond donors (Lipinski definition) is 3. The summed E-state index contributed by atoms with van der Waals surface area (Å²) in [5, 5.41) is 9.32. The van der Waals surface area contributed by atoms with E-state index < -0.39 is 17.9 Å². The fourth-order valence-corrected chi connectivity index (χ4v) is 2.38. The lowest BCUT2D eigenvalue weighted by molar-refractivity contribution is -0.142. The van der Waals surface area contributed by atoms with Gasteiger partial charge in [0.15, 0.2) is 0 Å². The second-order valence-corrected chi connectivity index (χ2v) is 4.76. The Labute approximate surface area is 118 Å². The first-order valence-corrected chi connectivity index (χ1v) is 6.30. The van der Waals surface area contributed by atoms with Crippen LogP contribution in [0.5, 0.6) is 0 Å². The van der Waals surface area contributed by atoms with Crippen molar-refractivity contribution in [1.29, 1.82) is 0 Å². The Morgan fingerprint density at radius 1 is 1.33 bits per heavy atom. The molecule has 0 bridgehead atoms. The molecule has 108 valence electrons. The van der Waals surface area contributed by atoms with E-state index in [1.54, 1.807) is 0 Å². The van der Waals surface area contributed by atoms with Crippen LogP contribution in [0.4, 0.5) is 0 Å². The summed E-state index contributed by atoms with van der Waals surface area (Å²) in [6.07, 6.45) is 2.92. The molecule has 1 aliphatic rings. The Hall–Kier alpha value is -2.90. The maximum Gasteiger partial charge on any atom is 0.326 e. The van der Waals surface area contributed by atoms with Crippen molar-refractivity contribution in [2.75, 3.05) is 0 Å². The quantitative estimate of drug-likeness (QED) is 0.704. The first-order chi connectivity index (χ1) is 10.1. The molecule has 1 aliphatic heterocycles. The van der Waals surface area contributed by atoms with E-state index in [1.165, 1.54) is 29.6 Å². The predicted molar refractivity (Wildman–Crippen MR) is 70.7 cm³/mol. The van der Waals surface area contributed by atoms with Crippen LogP contribution < -0.4 is 5.56 Å². The minimum atomic E-state index is -1.08. The Morgan fingerprint density at radius 2 is 2.14 bits per heavy atom. The van der Waals surface area contributed by atoms with Crippen LogP contribution >= 0.6 is 0 Å². The van der Waals surface area contributed by atoms with E-state index in [4.69, 9.17) is 0 Å². The molecule has 0 spiro atoms. The standard InChI is InChI=1S/C13H12N4O4/c18-11-2-1-7(4-14-11)12(19)17-5-9-8(15-6-16-9)3-10(17)13(20)21/h1-2,4,6,10H,3,5H2,(H,14,18)(H,15,16)(H,20,21). The highest BCUT2D eigenvalue weighted by atomic mass is 16.4. The van der Waals surface area contributed by atoms with Gasteiger partial charge in [-0.1, -0.05) is 0 Å². The Bertz CT molecular complexity index is 743. The van der Waals surface area contributed by atoms with Crippen molar-refractivity contribution in [1.82, 2.24) is 19.9 Å². The lowest BCUT2D eigenvalue weighted by Crippen LogP contribution is -2.48.